The zero-order chi connectivity index (χ0) is 14.5. The minimum Gasteiger partial charge on any atom is -0.493 e. The molecule has 2 aromatic rings. The van der Waals surface area contributed by atoms with Crippen molar-refractivity contribution >= 4 is 5.78 Å². The monoisotopic (exact) mass is 270 g/mol. The SMILES string of the molecule is COc1ccc(-c2ccc(CC(C)=O)cc2)cc1OC. The number of ketones is 1. The highest BCUT2D eigenvalue weighted by Crippen LogP contribution is 2.32. The molecule has 0 saturated heterocycles. The summed E-state index contributed by atoms with van der Waals surface area (Å²) in [6.45, 7) is 1.60. The van der Waals surface area contributed by atoms with Gasteiger partial charge >= 0.3 is 0 Å². The molecule has 0 N–H and O–H groups in total. The van der Waals surface area contributed by atoms with Crippen LogP contribution in [0.5, 0.6) is 11.5 Å². The molecule has 104 valence electrons. The zero-order valence-corrected chi connectivity index (χ0v) is 12.0. The van der Waals surface area contributed by atoms with Crippen LogP contribution in [0.2, 0.25) is 0 Å². The van der Waals surface area contributed by atoms with Crippen molar-refractivity contribution in [2.45, 2.75) is 13.3 Å². The molecule has 0 heterocycles. The number of carbonyl (C=O) groups excluding carboxylic acids is 1. The number of benzene rings is 2. The van der Waals surface area contributed by atoms with Crippen molar-refractivity contribution in [3.63, 3.8) is 0 Å². The van der Waals surface area contributed by atoms with Gasteiger partial charge in [-0.15, -0.1) is 0 Å². The van der Waals surface area contributed by atoms with Gasteiger partial charge in [-0.1, -0.05) is 30.3 Å². The van der Waals surface area contributed by atoms with E-state index in [1.54, 1.807) is 21.1 Å². The zero-order valence-electron chi connectivity index (χ0n) is 12.0. The molecule has 20 heavy (non-hydrogen) atoms. The van der Waals surface area contributed by atoms with E-state index in [9.17, 15) is 4.79 Å². The summed E-state index contributed by atoms with van der Waals surface area (Å²) in [7, 11) is 3.24. The summed E-state index contributed by atoms with van der Waals surface area (Å²) in [5.74, 6) is 1.59. The Morgan fingerprint density at radius 3 is 2.05 bits per heavy atom. The molecular weight excluding hydrogens is 252 g/mol. The van der Waals surface area contributed by atoms with Gasteiger partial charge in [0.15, 0.2) is 11.5 Å². The fraction of sp³-hybridized carbons (Fsp3) is 0.235. The molecule has 2 rings (SSSR count). The first-order valence-electron chi connectivity index (χ1n) is 6.45. The largest absolute Gasteiger partial charge is 0.493 e. The molecule has 0 saturated carbocycles. The summed E-state index contributed by atoms with van der Waals surface area (Å²) in [5, 5.41) is 0. The highest BCUT2D eigenvalue weighted by atomic mass is 16.5. The van der Waals surface area contributed by atoms with Crippen LogP contribution < -0.4 is 9.47 Å². The maximum atomic E-state index is 11.1. The molecule has 0 atom stereocenters. The molecular formula is C17H18O3. The Labute approximate surface area is 119 Å². The van der Waals surface area contributed by atoms with Crippen LogP contribution in [0.25, 0.3) is 11.1 Å². The van der Waals surface area contributed by atoms with Gasteiger partial charge in [0.1, 0.15) is 5.78 Å². The lowest BCUT2D eigenvalue weighted by molar-refractivity contribution is -0.116. The Kier molecular flexibility index (Phi) is 4.41. The van der Waals surface area contributed by atoms with Crippen molar-refractivity contribution < 1.29 is 14.3 Å². The number of hydrogen-bond donors (Lipinski definition) is 0. The van der Waals surface area contributed by atoms with Crippen LogP contribution >= 0.6 is 0 Å². The minimum atomic E-state index is 0.170. The molecule has 3 heteroatoms. The van der Waals surface area contributed by atoms with E-state index in [0.717, 1.165) is 16.7 Å². The quantitative estimate of drug-likeness (QED) is 0.834. The second-order valence-corrected chi connectivity index (χ2v) is 4.65. The third-order valence-corrected chi connectivity index (χ3v) is 3.12. The van der Waals surface area contributed by atoms with Crippen molar-refractivity contribution in [1.29, 1.82) is 0 Å². The van der Waals surface area contributed by atoms with Crippen LogP contribution in [0.1, 0.15) is 12.5 Å². The smallest absolute Gasteiger partial charge is 0.161 e. The predicted octanol–water partition coefficient (Wildman–Crippen LogP) is 3.50. The highest BCUT2D eigenvalue weighted by molar-refractivity contribution is 5.78. The van der Waals surface area contributed by atoms with Crippen molar-refractivity contribution in [3.05, 3.63) is 48.0 Å². The van der Waals surface area contributed by atoms with E-state index in [2.05, 4.69) is 0 Å². The second-order valence-electron chi connectivity index (χ2n) is 4.65. The third kappa shape index (κ3) is 3.18. The standard InChI is InChI=1S/C17H18O3/c1-12(18)10-13-4-6-14(7-5-13)15-8-9-16(19-2)17(11-15)20-3/h4-9,11H,10H2,1-3H3. The molecule has 0 aliphatic heterocycles. The van der Waals surface area contributed by atoms with Crippen LogP contribution in [-0.4, -0.2) is 20.0 Å². The first-order chi connectivity index (χ1) is 9.63. The lowest BCUT2D eigenvalue weighted by Gasteiger charge is -2.10. The molecule has 0 spiro atoms. The molecule has 0 amide bonds. The van der Waals surface area contributed by atoms with E-state index < -0.39 is 0 Å². The Morgan fingerprint density at radius 1 is 0.900 bits per heavy atom. The fourth-order valence-electron chi connectivity index (χ4n) is 2.12. The molecule has 2 aromatic carbocycles. The number of methoxy groups -OCH3 is 2. The summed E-state index contributed by atoms with van der Waals surface area (Å²) in [6.07, 6.45) is 0.478. The minimum absolute atomic E-state index is 0.170. The van der Waals surface area contributed by atoms with Gasteiger partial charge in [0.25, 0.3) is 0 Å². The van der Waals surface area contributed by atoms with Gasteiger partial charge in [0, 0.05) is 6.42 Å². The van der Waals surface area contributed by atoms with Crippen molar-refractivity contribution in [3.8, 4) is 22.6 Å². The number of rotatable bonds is 5. The maximum Gasteiger partial charge on any atom is 0.161 e. The van der Waals surface area contributed by atoms with Gasteiger partial charge in [0.05, 0.1) is 14.2 Å². The average molecular weight is 270 g/mol. The summed E-state index contributed by atoms with van der Waals surface area (Å²) in [5.41, 5.74) is 3.16. The maximum absolute atomic E-state index is 11.1. The molecule has 0 aromatic heterocycles. The van der Waals surface area contributed by atoms with Crippen LogP contribution in [-0.2, 0) is 11.2 Å². The molecule has 0 unspecified atom stereocenters. The third-order valence-electron chi connectivity index (χ3n) is 3.12. The summed E-state index contributed by atoms with van der Waals surface area (Å²) in [4.78, 5) is 11.1. The normalized spacial score (nSPS) is 10.2. The molecule has 0 radical (unpaired) electrons. The summed E-state index contributed by atoms with van der Waals surface area (Å²) in [6, 6.07) is 13.8. The first-order valence-corrected chi connectivity index (χ1v) is 6.45. The second kappa shape index (κ2) is 6.24. The average Bonchev–Trinajstić information content (AvgIpc) is 2.46. The Hall–Kier alpha value is -2.29. The van der Waals surface area contributed by atoms with Crippen LogP contribution in [0.3, 0.4) is 0 Å². The number of ether oxygens (including phenoxy) is 2. The summed E-state index contributed by atoms with van der Waals surface area (Å²) >= 11 is 0. The Bertz CT molecular complexity index is 600. The molecule has 0 fully saturated rings. The predicted molar refractivity (Wildman–Crippen MR) is 79.4 cm³/mol. The van der Waals surface area contributed by atoms with Gasteiger partial charge in [-0.05, 0) is 35.7 Å². The van der Waals surface area contributed by atoms with Gasteiger partial charge in [-0.25, -0.2) is 0 Å². The van der Waals surface area contributed by atoms with E-state index in [4.69, 9.17) is 9.47 Å². The van der Waals surface area contributed by atoms with Crippen LogP contribution in [0.4, 0.5) is 0 Å². The first kappa shape index (κ1) is 14.1. The van der Waals surface area contributed by atoms with Crippen molar-refractivity contribution in [2.24, 2.45) is 0 Å². The van der Waals surface area contributed by atoms with E-state index in [0.29, 0.717) is 17.9 Å². The van der Waals surface area contributed by atoms with Crippen molar-refractivity contribution in [2.75, 3.05) is 14.2 Å². The Balaban J connectivity index is 2.29. The fourth-order valence-corrected chi connectivity index (χ4v) is 2.12. The van der Waals surface area contributed by atoms with E-state index in [1.807, 2.05) is 42.5 Å². The lowest BCUT2D eigenvalue weighted by atomic mass is 10.0. The van der Waals surface area contributed by atoms with Gasteiger partial charge in [-0.2, -0.15) is 0 Å². The lowest BCUT2D eigenvalue weighted by Crippen LogP contribution is -1.95. The molecule has 3 nitrogen and oxygen atoms in total. The Morgan fingerprint density at radius 2 is 1.50 bits per heavy atom. The van der Waals surface area contributed by atoms with Crippen LogP contribution in [0.15, 0.2) is 42.5 Å². The number of carbonyl (C=O) groups is 1. The van der Waals surface area contributed by atoms with E-state index in [-0.39, 0.29) is 5.78 Å². The topological polar surface area (TPSA) is 35.5 Å². The highest BCUT2D eigenvalue weighted by Gasteiger charge is 2.06. The van der Waals surface area contributed by atoms with Gasteiger partial charge in [0.2, 0.25) is 0 Å². The molecule has 0 bridgehead atoms. The number of hydrogen-bond acceptors (Lipinski definition) is 3. The molecule has 0 aliphatic carbocycles. The summed E-state index contributed by atoms with van der Waals surface area (Å²) < 4.78 is 10.5. The van der Waals surface area contributed by atoms with E-state index >= 15 is 0 Å². The number of Topliss-reactive ketones (excluding diaryl/α,β-unsaturated/α-hetero) is 1. The molecule has 0 aliphatic rings. The van der Waals surface area contributed by atoms with Gasteiger partial charge in [-0.3, -0.25) is 4.79 Å². The van der Waals surface area contributed by atoms with Gasteiger partial charge < -0.3 is 9.47 Å². The van der Waals surface area contributed by atoms with Crippen molar-refractivity contribution in [1.82, 2.24) is 0 Å². The van der Waals surface area contributed by atoms with Crippen LogP contribution in [0, 0.1) is 0 Å². The van der Waals surface area contributed by atoms with E-state index in [1.165, 1.54) is 0 Å².